The summed E-state index contributed by atoms with van der Waals surface area (Å²) < 4.78 is 5.51. The van der Waals surface area contributed by atoms with Crippen molar-refractivity contribution in [2.24, 2.45) is 0 Å². The molecule has 0 amide bonds. The van der Waals surface area contributed by atoms with Crippen LogP contribution in [0.4, 0.5) is 0 Å². The lowest BCUT2D eigenvalue weighted by Crippen LogP contribution is -2.13. The SMILES string of the molecule is Cc1nc(CNCc2cnn(-c3ccccc3)n2)oc1C. The average molecular weight is 283 g/mol. The third-order valence-electron chi connectivity index (χ3n) is 3.18. The zero-order valence-electron chi connectivity index (χ0n) is 12.1. The standard InChI is InChI=1S/C15H17N5O/c1-11-12(2)21-15(18-11)10-16-8-13-9-17-20(19-13)14-6-4-3-5-7-14/h3-7,9,16H,8,10H2,1-2H3. The topological polar surface area (TPSA) is 68.8 Å². The lowest BCUT2D eigenvalue weighted by Gasteiger charge is -1.99. The van der Waals surface area contributed by atoms with E-state index in [9.17, 15) is 0 Å². The van der Waals surface area contributed by atoms with Crippen LogP contribution in [0.25, 0.3) is 5.69 Å². The van der Waals surface area contributed by atoms with Crippen molar-refractivity contribution >= 4 is 0 Å². The molecule has 1 aromatic carbocycles. The minimum absolute atomic E-state index is 0.576. The summed E-state index contributed by atoms with van der Waals surface area (Å²) in [5.41, 5.74) is 2.75. The second-order valence-corrected chi connectivity index (χ2v) is 4.81. The van der Waals surface area contributed by atoms with Gasteiger partial charge in [-0.2, -0.15) is 15.0 Å². The predicted molar refractivity (Wildman–Crippen MR) is 77.9 cm³/mol. The molecule has 6 nitrogen and oxygen atoms in total. The number of nitrogens with one attached hydrogen (secondary N) is 1. The number of para-hydroxylation sites is 1. The maximum atomic E-state index is 5.51. The van der Waals surface area contributed by atoms with Crippen molar-refractivity contribution < 1.29 is 4.42 Å². The maximum Gasteiger partial charge on any atom is 0.208 e. The Balaban J connectivity index is 1.58. The molecule has 0 aliphatic carbocycles. The first-order chi connectivity index (χ1) is 10.2. The highest BCUT2D eigenvalue weighted by molar-refractivity contribution is 5.28. The van der Waals surface area contributed by atoms with Gasteiger partial charge < -0.3 is 9.73 Å². The smallest absolute Gasteiger partial charge is 0.208 e. The molecule has 6 heteroatoms. The first kappa shape index (κ1) is 13.5. The van der Waals surface area contributed by atoms with E-state index in [2.05, 4.69) is 20.5 Å². The predicted octanol–water partition coefficient (Wildman–Crippen LogP) is 2.16. The Morgan fingerprint density at radius 1 is 1.14 bits per heavy atom. The summed E-state index contributed by atoms with van der Waals surface area (Å²) >= 11 is 0. The fourth-order valence-corrected chi connectivity index (χ4v) is 1.97. The van der Waals surface area contributed by atoms with Crippen molar-refractivity contribution in [2.75, 3.05) is 0 Å². The van der Waals surface area contributed by atoms with E-state index in [1.807, 2.05) is 44.2 Å². The number of oxazole rings is 1. The van der Waals surface area contributed by atoms with Crippen LogP contribution in [0.2, 0.25) is 0 Å². The number of hydrogen-bond donors (Lipinski definition) is 1. The minimum Gasteiger partial charge on any atom is -0.444 e. The Labute approximate surface area is 122 Å². The van der Waals surface area contributed by atoms with Crippen molar-refractivity contribution in [3.8, 4) is 5.69 Å². The molecule has 0 saturated heterocycles. The first-order valence-corrected chi connectivity index (χ1v) is 6.82. The molecular weight excluding hydrogens is 266 g/mol. The molecule has 0 bridgehead atoms. The summed E-state index contributed by atoms with van der Waals surface area (Å²) in [5, 5.41) is 11.9. The molecule has 1 N–H and O–H groups in total. The van der Waals surface area contributed by atoms with Gasteiger partial charge in [0.05, 0.1) is 29.8 Å². The largest absolute Gasteiger partial charge is 0.444 e. The molecule has 0 spiro atoms. The highest BCUT2D eigenvalue weighted by atomic mass is 16.4. The molecule has 3 aromatic rings. The normalized spacial score (nSPS) is 11.0. The van der Waals surface area contributed by atoms with Crippen molar-refractivity contribution in [2.45, 2.75) is 26.9 Å². The van der Waals surface area contributed by atoms with E-state index in [4.69, 9.17) is 4.42 Å². The van der Waals surface area contributed by atoms with Crippen molar-refractivity contribution in [1.82, 2.24) is 25.3 Å². The van der Waals surface area contributed by atoms with Gasteiger partial charge in [-0.1, -0.05) is 18.2 Å². The van der Waals surface area contributed by atoms with Gasteiger partial charge in [-0.25, -0.2) is 4.98 Å². The molecule has 0 aliphatic rings. The zero-order valence-corrected chi connectivity index (χ0v) is 12.1. The molecule has 0 radical (unpaired) electrons. The van der Waals surface area contributed by atoms with Crippen molar-refractivity contribution in [3.63, 3.8) is 0 Å². The summed E-state index contributed by atoms with van der Waals surface area (Å²) in [4.78, 5) is 5.95. The number of aromatic nitrogens is 4. The summed E-state index contributed by atoms with van der Waals surface area (Å²) in [6, 6.07) is 9.83. The number of nitrogens with zero attached hydrogens (tertiary/aromatic N) is 4. The number of benzene rings is 1. The van der Waals surface area contributed by atoms with Crippen LogP contribution in [-0.2, 0) is 13.1 Å². The maximum absolute atomic E-state index is 5.51. The van der Waals surface area contributed by atoms with Gasteiger partial charge in [0.1, 0.15) is 5.76 Å². The summed E-state index contributed by atoms with van der Waals surface area (Å²) in [7, 11) is 0. The van der Waals surface area contributed by atoms with Crippen LogP contribution in [0.5, 0.6) is 0 Å². The van der Waals surface area contributed by atoms with Crippen LogP contribution in [0.1, 0.15) is 23.0 Å². The second kappa shape index (κ2) is 5.88. The Kier molecular flexibility index (Phi) is 3.79. The van der Waals surface area contributed by atoms with Crippen molar-refractivity contribution in [1.29, 1.82) is 0 Å². The first-order valence-electron chi connectivity index (χ1n) is 6.82. The van der Waals surface area contributed by atoms with Crippen LogP contribution < -0.4 is 5.32 Å². The van der Waals surface area contributed by atoms with Gasteiger partial charge >= 0.3 is 0 Å². The van der Waals surface area contributed by atoms with Crippen LogP contribution in [0.3, 0.4) is 0 Å². The monoisotopic (exact) mass is 283 g/mol. The fraction of sp³-hybridized carbons (Fsp3) is 0.267. The van der Waals surface area contributed by atoms with Crippen LogP contribution in [0, 0.1) is 13.8 Å². The fourth-order valence-electron chi connectivity index (χ4n) is 1.97. The Morgan fingerprint density at radius 3 is 2.67 bits per heavy atom. The third-order valence-corrected chi connectivity index (χ3v) is 3.18. The summed E-state index contributed by atoms with van der Waals surface area (Å²) in [5.74, 6) is 1.56. The molecule has 2 aromatic heterocycles. The van der Waals surface area contributed by atoms with E-state index >= 15 is 0 Å². The minimum atomic E-state index is 0.576. The molecule has 0 aliphatic heterocycles. The summed E-state index contributed by atoms with van der Waals surface area (Å²) in [6.45, 7) is 5.05. The van der Waals surface area contributed by atoms with Crippen LogP contribution >= 0.6 is 0 Å². The van der Waals surface area contributed by atoms with Gasteiger partial charge in [0.15, 0.2) is 0 Å². The Morgan fingerprint density at radius 2 is 1.95 bits per heavy atom. The molecular formula is C15H17N5O. The third kappa shape index (κ3) is 3.17. The van der Waals surface area contributed by atoms with E-state index in [1.54, 1.807) is 11.0 Å². The highest BCUT2D eigenvalue weighted by Crippen LogP contribution is 2.08. The van der Waals surface area contributed by atoms with Gasteiger partial charge in [-0.15, -0.1) is 0 Å². The van der Waals surface area contributed by atoms with E-state index in [-0.39, 0.29) is 0 Å². The lowest BCUT2D eigenvalue weighted by atomic mass is 10.3. The van der Waals surface area contributed by atoms with Gasteiger partial charge in [0.2, 0.25) is 5.89 Å². The van der Waals surface area contributed by atoms with E-state index in [1.165, 1.54) is 0 Å². The van der Waals surface area contributed by atoms with Gasteiger partial charge in [-0.05, 0) is 26.0 Å². The van der Waals surface area contributed by atoms with Crippen molar-refractivity contribution in [3.05, 3.63) is 59.6 Å². The molecule has 2 heterocycles. The van der Waals surface area contributed by atoms with E-state index < -0.39 is 0 Å². The number of rotatable bonds is 5. The lowest BCUT2D eigenvalue weighted by molar-refractivity contribution is 0.447. The molecule has 0 fully saturated rings. The molecule has 108 valence electrons. The van der Waals surface area contributed by atoms with Gasteiger partial charge in [0, 0.05) is 6.54 Å². The molecule has 0 atom stereocenters. The summed E-state index contributed by atoms with van der Waals surface area (Å²) in [6.07, 6.45) is 1.76. The van der Waals surface area contributed by atoms with E-state index in [0.29, 0.717) is 19.0 Å². The average Bonchev–Trinajstić information content (AvgIpc) is 3.08. The Bertz CT molecular complexity index is 697. The molecule has 21 heavy (non-hydrogen) atoms. The van der Waals surface area contributed by atoms with Gasteiger partial charge in [0.25, 0.3) is 0 Å². The quantitative estimate of drug-likeness (QED) is 0.777. The number of hydrogen-bond acceptors (Lipinski definition) is 5. The van der Waals surface area contributed by atoms with Gasteiger partial charge in [-0.3, -0.25) is 0 Å². The van der Waals surface area contributed by atoms with E-state index in [0.717, 1.165) is 22.8 Å². The zero-order chi connectivity index (χ0) is 14.7. The molecule has 0 saturated carbocycles. The molecule has 0 unspecified atom stereocenters. The van der Waals surface area contributed by atoms with Crippen LogP contribution in [-0.4, -0.2) is 20.0 Å². The molecule has 3 rings (SSSR count). The Hall–Kier alpha value is -2.47. The highest BCUT2D eigenvalue weighted by Gasteiger charge is 2.06. The van der Waals surface area contributed by atoms with Crippen LogP contribution in [0.15, 0.2) is 40.9 Å². The number of aryl methyl sites for hydroxylation is 2. The second-order valence-electron chi connectivity index (χ2n) is 4.81.